The lowest BCUT2D eigenvalue weighted by Gasteiger charge is -2.30. The number of rotatable bonds is 4. The number of hydrogen-bond donors (Lipinski definition) is 0. The first kappa shape index (κ1) is 14.6. The van der Waals surface area contributed by atoms with Crippen LogP contribution in [0.5, 0.6) is 5.88 Å². The molecule has 1 aromatic carbocycles. The number of likely N-dealkylation sites (tertiary alicyclic amines) is 1. The standard InChI is InChI=1S/C17H21N3O2/c1-14-6-5-10-19(12-14)17(21)13-22-16-9-11-20(18-16)15-7-3-2-4-8-15/h2-4,7-9,11,14H,5-6,10,12-13H2,1H3/t14-/m1/s1. The number of nitrogens with zero attached hydrogens (tertiary/aromatic N) is 3. The first-order chi connectivity index (χ1) is 10.7. The summed E-state index contributed by atoms with van der Waals surface area (Å²) in [6, 6.07) is 11.6. The number of ether oxygens (including phenoxy) is 1. The lowest BCUT2D eigenvalue weighted by atomic mass is 10.0. The second kappa shape index (κ2) is 6.64. The largest absolute Gasteiger partial charge is 0.466 e. The Balaban J connectivity index is 1.56. The van der Waals surface area contributed by atoms with E-state index in [2.05, 4.69) is 12.0 Å². The number of para-hydroxylation sites is 1. The van der Waals surface area contributed by atoms with Gasteiger partial charge in [-0.2, -0.15) is 0 Å². The van der Waals surface area contributed by atoms with Gasteiger partial charge in [-0.25, -0.2) is 4.68 Å². The van der Waals surface area contributed by atoms with E-state index < -0.39 is 0 Å². The van der Waals surface area contributed by atoms with Gasteiger partial charge in [-0.15, -0.1) is 5.10 Å². The van der Waals surface area contributed by atoms with Crippen LogP contribution in [0.2, 0.25) is 0 Å². The maximum absolute atomic E-state index is 12.2. The molecule has 1 amide bonds. The Kier molecular flexibility index (Phi) is 4.42. The molecule has 1 atom stereocenters. The second-order valence-electron chi connectivity index (χ2n) is 5.81. The minimum atomic E-state index is 0.0424. The van der Waals surface area contributed by atoms with E-state index in [-0.39, 0.29) is 12.5 Å². The van der Waals surface area contributed by atoms with Crippen molar-refractivity contribution in [1.82, 2.24) is 14.7 Å². The van der Waals surface area contributed by atoms with Gasteiger partial charge in [0, 0.05) is 25.4 Å². The highest BCUT2D eigenvalue weighted by atomic mass is 16.5. The van der Waals surface area contributed by atoms with Crippen LogP contribution in [-0.4, -0.2) is 40.3 Å². The normalized spacial score (nSPS) is 18.2. The van der Waals surface area contributed by atoms with E-state index in [4.69, 9.17) is 4.74 Å². The Morgan fingerprint density at radius 1 is 1.32 bits per heavy atom. The molecule has 5 nitrogen and oxygen atoms in total. The molecule has 5 heteroatoms. The van der Waals surface area contributed by atoms with Crippen molar-refractivity contribution < 1.29 is 9.53 Å². The molecule has 0 N–H and O–H groups in total. The average molecular weight is 299 g/mol. The van der Waals surface area contributed by atoms with E-state index in [9.17, 15) is 4.79 Å². The lowest BCUT2D eigenvalue weighted by molar-refractivity contribution is -0.135. The summed E-state index contributed by atoms with van der Waals surface area (Å²) in [4.78, 5) is 14.1. The molecule has 1 aliphatic rings. The van der Waals surface area contributed by atoms with Gasteiger partial charge < -0.3 is 9.64 Å². The summed E-state index contributed by atoms with van der Waals surface area (Å²) in [7, 11) is 0. The number of benzene rings is 1. The van der Waals surface area contributed by atoms with Crippen molar-refractivity contribution in [2.75, 3.05) is 19.7 Å². The molecule has 2 aromatic rings. The molecular weight excluding hydrogens is 278 g/mol. The Bertz CT molecular complexity index is 624. The number of aromatic nitrogens is 2. The van der Waals surface area contributed by atoms with E-state index in [1.807, 2.05) is 41.4 Å². The number of amides is 1. The van der Waals surface area contributed by atoms with Crippen LogP contribution >= 0.6 is 0 Å². The summed E-state index contributed by atoms with van der Waals surface area (Å²) in [6.07, 6.45) is 4.11. The van der Waals surface area contributed by atoms with Crippen molar-refractivity contribution >= 4 is 5.91 Å². The molecule has 1 aromatic heterocycles. The van der Waals surface area contributed by atoms with Gasteiger partial charge in [-0.1, -0.05) is 25.1 Å². The lowest BCUT2D eigenvalue weighted by Crippen LogP contribution is -2.41. The molecule has 1 fully saturated rings. The molecule has 2 heterocycles. The first-order valence-corrected chi connectivity index (χ1v) is 7.74. The third-order valence-electron chi connectivity index (χ3n) is 3.94. The van der Waals surface area contributed by atoms with Crippen LogP contribution in [0.1, 0.15) is 19.8 Å². The van der Waals surface area contributed by atoms with Gasteiger partial charge >= 0.3 is 0 Å². The molecule has 0 unspecified atom stereocenters. The fraction of sp³-hybridized carbons (Fsp3) is 0.412. The molecule has 1 saturated heterocycles. The van der Waals surface area contributed by atoms with E-state index in [0.29, 0.717) is 11.8 Å². The van der Waals surface area contributed by atoms with Gasteiger partial charge in [0.25, 0.3) is 5.91 Å². The summed E-state index contributed by atoms with van der Waals surface area (Å²) in [5.74, 6) is 1.10. The van der Waals surface area contributed by atoms with Crippen molar-refractivity contribution in [1.29, 1.82) is 0 Å². The van der Waals surface area contributed by atoms with Crippen LogP contribution in [0.3, 0.4) is 0 Å². The summed E-state index contributed by atoms with van der Waals surface area (Å²) in [6.45, 7) is 3.91. The average Bonchev–Trinajstić information content (AvgIpc) is 3.02. The zero-order valence-corrected chi connectivity index (χ0v) is 12.8. The Morgan fingerprint density at radius 2 is 2.14 bits per heavy atom. The van der Waals surface area contributed by atoms with Crippen LogP contribution in [-0.2, 0) is 4.79 Å². The minimum absolute atomic E-state index is 0.0424. The summed E-state index contributed by atoms with van der Waals surface area (Å²) in [5.41, 5.74) is 0.966. The molecule has 22 heavy (non-hydrogen) atoms. The monoisotopic (exact) mass is 299 g/mol. The fourth-order valence-corrected chi connectivity index (χ4v) is 2.75. The third-order valence-corrected chi connectivity index (χ3v) is 3.94. The summed E-state index contributed by atoms with van der Waals surface area (Å²) >= 11 is 0. The Morgan fingerprint density at radius 3 is 2.91 bits per heavy atom. The topological polar surface area (TPSA) is 47.4 Å². The van der Waals surface area contributed by atoms with Gasteiger partial charge in [0.15, 0.2) is 6.61 Å². The molecule has 1 aliphatic heterocycles. The van der Waals surface area contributed by atoms with Gasteiger partial charge in [0.2, 0.25) is 5.88 Å². The molecule has 3 rings (SSSR count). The summed E-state index contributed by atoms with van der Waals surface area (Å²) < 4.78 is 7.27. The van der Waals surface area contributed by atoms with E-state index >= 15 is 0 Å². The predicted octanol–water partition coefficient (Wildman–Crippen LogP) is 2.51. The Labute approximate surface area is 130 Å². The van der Waals surface area contributed by atoms with Gasteiger partial charge in [-0.05, 0) is 30.9 Å². The molecule has 0 spiro atoms. The quantitative estimate of drug-likeness (QED) is 0.871. The Hall–Kier alpha value is -2.30. The number of hydrogen-bond acceptors (Lipinski definition) is 3. The van der Waals surface area contributed by atoms with E-state index in [1.54, 1.807) is 10.7 Å². The maximum Gasteiger partial charge on any atom is 0.260 e. The van der Waals surface area contributed by atoms with E-state index in [1.165, 1.54) is 6.42 Å². The summed E-state index contributed by atoms with van der Waals surface area (Å²) in [5, 5.41) is 4.34. The molecule has 0 bridgehead atoms. The maximum atomic E-state index is 12.2. The molecule has 116 valence electrons. The van der Waals surface area contributed by atoms with Crippen molar-refractivity contribution in [2.45, 2.75) is 19.8 Å². The highest BCUT2D eigenvalue weighted by Gasteiger charge is 2.21. The van der Waals surface area contributed by atoms with Gasteiger partial charge in [-0.3, -0.25) is 4.79 Å². The predicted molar refractivity (Wildman–Crippen MR) is 84.0 cm³/mol. The molecule has 0 aliphatic carbocycles. The van der Waals surface area contributed by atoms with Crippen LogP contribution in [0.4, 0.5) is 0 Å². The minimum Gasteiger partial charge on any atom is -0.466 e. The van der Waals surface area contributed by atoms with Crippen molar-refractivity contribution in [3.05, 3.63) is 42.6 Å². The molecule has 0 radical (unpaired) electrons. The zero-order chi connectivity index (χ0) is 15.4. The number of carbonyl (C=O) groups excluding carboxylic acids is 1. The fourth-order valence-electron chi connectivity index (χ4n) is 2.75. The van der Waals surface area contributed by atoms with Crippen molar-refractivity contribution in [2.24, 2.45) is 5.92 Å². The third kappa shape index (κ3) is 3.47. The van der Waals surface area contributed by atoms with Gasteiger partial charge in [0.05, 0.1) is 5.69 Å². The number of carbonyl (C=O) groups is 1. The van der Waals surface area contributed by atoms with Crippen LogP contribution < -0.4 is 4.74 Å². The van der Waals surface area contributed by atoms with Gasteiger partial charge in [0.1, 0.15) is 0 Å². The SMILES string of the molecule is C[C@@H]1CCCN(C(=O)COc2ccn(-c3ccccc3)n2)C1. The second-order valence-corrected chi connectivity index (χ2v) is 5.81. The molecular formula is C17H21N3O2. The first-order valence-electron chi connectivity index (χ1n) is 7.74. The van der Waals surface area contributed by atoms with E-state index in [0.717, 1.165) is 25.2 Å². The number of piperidine rings is 1. The smallest absolute Gasteiger partial charge is 0.260 e. The van der Waals surface area contributed by atoms with Crippen LogP contribution in [0.25, 0.3) is 5.69 Å². The van der Waals surface area contributed by atoms with Crippen molar-refractivity contribution in [3.63, 3.8) is 0 Å². The highest BCUT2D eigenvalue weighted by molar-refractivity contribution is 5.77. The van der Waals surface area contributed by atoms with Crippen molar-refractivity contribution in [3.8, 4) is 11.6 Å². The van der Waals surface area contributed by atoms with Crippen LogP contribution in [0.15, 0.2) is 42.6 Å². The molecule has 0 saturated carbocycles. The highest BCUT2D eigenvalue weighted by Crippen LogP contribution is 2.16. The van der Waals surface area contributed by atoms with Crippen LogP contribution in [0, 0.1) is 5.92 Å². The zero-order valence-electron chi connectivity index (χ0n) is 12.8.